The number of hydrogen-bond donors (Lipinski definition) is 1. The maximum Gasteiger partial charge on any atom is 0.226 e. The minimum Gasteiger partial charge on any atom is -0.440 e. The maximum atomic E-state index is 5.50. The van der Waals surface area contributed by atoms with Crippen molar-refractivity contribution in [3.8, 4) is 11.5 Å². The van der Waals surface area contributed by atoms with Gasteiger partial charge in [-0.2, -0.15) is 0 Å². The third kappa shape index (κ3) is 1.52. The highest BCUT2D eigenvalue weighted by Gasteiger charge is 2.08. The van der Waals surface area contributed by atoms with Gasteiger partial charge in [-0.3, -0.25) is 4.98 Å². The molecule has 14 heavy (non-hydrogen) atoms. The number of pyridine rings is 1. The zero-order chi connectivity index (χ0) is 9.97. The van der Waals surface area contributed by atoms with Crippen molar-refractivity contribution in [2.24, 2.45) is 5.73 Å². The SMILES string of the molecule is Cc1nc(-c2ccncc2)oc1CN. The molecule has 0 aliphatic carbocycles. The molecule has 0 atom stereocenters. The minimum absolute atomic E-state index is 0.379. The fraction of sp³-hybridized carbons (Fsp3) is 0.200. The van der Waals surface area contributed by atoms with Crippen LogP contribution in [0.5, 0.6) is 0 Å². The molecular weight excluding hydrogens is 178 g/mol. The molecule has 2 N–H and O–H groups in total. The number of rotatable bonds is 2. The van der Waals surface area contributed by atoms with Crippen molar-refractivity contribution in [3.63, 3.8) is 0 Å². The van der Waals surface area contributed by atoms with E-state index in [9.17, 15) is 0 Å². The number of nitrogens with two attached hydrogens (primary N) is 1. The fourth-order valence-electron chi connectivity index (χ4n) is 1.24. The van der Waals surface area contributed by atoms with E-state index in [1.807, 2.05) is 19.1 Å². The Balaban J connectivity index is 2.43. The first kappa shape index (κ1) is 8.90. The molecule has 0 unspecified atom stereocenters. The Morgan fingerprint density at radius 3 is 2.64 bits per heavy atom. The number of aryl methyl sites for hydroxylation is 1. The molecule has 0 saturated heterocycles. The van der Waals surface area contributed by atoms with Crippen LogP contribution in [0.3, 0.4) is 0 Å². The normalized spacial score (nSPS) is 10.4. The average molecular weight is 189 g/mol. The summed E-state index contributed by atoms with van der Waals surface area (Å²) >= 11 is 0. The van der Waals surface area contributed by atoms with Crippen molar-refractivity contribution in [1.29, 1.82) is 0 Å². The summed E-state index contributed by atoms with van der Waals surface area (Å²) in [5, 5.41) is 0. The number of aromatic nitrogens is 2. The van der Waals surface area contributed by atoms with Crippen LogP contribution in [0.15, 0.2) is 28.9 Å². The average Bonchev–Trinajstić information content (AvgIpc) is 2.61. The lowest BCUT2D eigenvalue weighted by atomic mass is 10.3. The molecule has 4 nitrogen and oxygen atoms in total. The second-order valence-corrected chi connectivity index (χ2v) is 2.97. The van der Waals surface area contributed by atoms with Gasteiger partial charge in [0.2, 0.25) is 5.89 Å². The van der Waals surface area contributed by atoms with E-state index < -0.39 is 0 Å². The van der Waals surface area contributed by atoms with Gasteiger partial charge in [-0.1, -0.05) is 0 Å². The Hall–Kier alpha value is -1.68. The molecular formula is C10H11N3O. The molecule has 0 amide bonds. The van der Waals surface area contributed by atoms with Gasteiger partial charge in [0.05, 0.1) is 12.2 Å². The molecule has 0 aromatic carbocycles. The lowest BCUT2D eigenvalue weighted by molar-refractivity contribution is 0.518. The van der Waals surface area contributed by atoms with Crippen molar-refractivity contribution < 1.29 is 4.42 Å². The van der Waals surface area contributed by atoms with Gasteiger partial charge in [0.1, 0.15) is 5.76 Å². The van der Waals surface area contributed by atoms with E-state index in [0.717, 1.165) is 17.0 Å². The standard InChI is InChI=1S/C10H11N3O/c1-7-9(6-11)14-10(13-7)8-2-4-12-5-3-8/h2-5H,6,11H2,1H3. The number of nitrogens with zero attached hydrogens (tertiary/aromatic N) is 2. The van der Waals surface area contributed by atoms with Crippen LogP contribution in [0.25, 0.3) is 11.5 Å². The minimum atomic E-state index is 0.379. The maximum absolute atomic E-state index is 5.50. The molecule has 0 radical (unpaired) electrons. The molecule has 0 saturated carbocycles. The molecule has 2 rings (SSSR count). The monoisotopic (exact) mass is 189 g/mol. The molecule has 0 aliphatic rings. The Bertz CT molecular complexity index is 422. The molecule has 0 spiro atoms. The first-order valence-corrected chi connectivity index (χ1v) is 4.38. The number of hydrogen-bond acceptors (Lipinski definition) is 4. The molecule has 2 aromatic rings. The smallest absolute Gasteiger partial charge is 0.226 e. The zero-order valence-electron chi connectivity index (χ0n) is 7.90. The van der Waals surface area contributed by atoms with E-state index in [4.69, 9.17) is 10.2 Å². The van der Waals surface area contributed by atoms with E-state index in [1.54, 1.807) is 12.4 Å². The van der Waals surface area contributed by atoms with Crippen LogP contribution in [-0.2, 0) is 6.54 Å². The summed E-state index contributed by atoms with van der Waals surface area (Å²) in [4.78, 5) is 8.20. The van der Waals surface area contributed by atoms with Gasteiger partial charge in [0.25, 0.3) is 0 Å². The summed E-state index contributed by atoms with van der Waals surface area (Å²) in [7, 11) is 0. The fourth-order valence-corrected chi connectivity index (χ4v) is 1.24. The Labute approximate surface area is 81.8 Å². The van der Waals surface area contributed by atoms with Crippen molar-refractivity contribution in [2.75, 3.05) is 0 Å². The van der Waals surface area contributed by atoms with Crippen LogP contribution in [0.2, 0.25) is 0 Å². The van der Waals surface area contributed by atoms with Gasteiger partial charge in [-0.15, -0.1) is 0 Å². The van der Waals surface area contributed by atoms with Crippen LogP contribution in [0.4, 0.5) is 0 Å². The predicted molar refractivity (Wildman–Crippen MR) is 52.4 cm³/mol. The van der Waals surface area contributed by atoms with Crippen LogP contribution < -0.4 is 5.73 Å². The Morgan fingerprint density at radius 1 is 1.36 bits per heavy atom. The first-order valence-electron chi connectivity index (χ1n) is 4.38. The quantitative estimate of drug-likeness (QED) is 0.777. The summed E-state index contributed by atoms with van der Waals surface area (Å²) in [5.74, 6) is 1.34. The van der Waals surface area contributed by atoms with Crippen LogP contribution in [-0.4, -0.2) is 9.97 Å². The summed E-state index contributed by atoms with van der Waals surface area (Å²) < 4.78 is 5.49. The molecule has 0 bridgehead atoms. The van der Waals surface area contributed by atoms with Crippen LogP contribution in [0, 0.1) is 6.92 Å². The Kier molecular flexibility index (Phi) is 2.28. The van der Waals surface area contributed by atoms with Crippen LogP contribution in [0.1, 0.15) is 11.5 Å². The van der Waals surface area contributed by atoms with Gasteiger partial charge < -0.3 is 10.2 Å². The second-order valence-electron chi connectivity index (χ2n) is 2.97. The van der Waals surface area contributed by atoms with E-state index >= 15 is 0 Å². The predicted octanol–water partition coefficient (Wildman–Crippen LogP) is 1.50. The molecule has 2 heterocycles. The third-order valence-electron chi connectivity index (χ3n) is 2.01. The van der Waals surface area contributed by atoms with E-state index in [-0.39, 0.29) is 0 Å². The third-order valence-corrected chi connectivity index (χ3v) is 2.01. The lowest BCUT2D eigenvalue weighted by Crippen LogP contribution is -1.95. The van der Waals surface area contributed by atoms with Gasteiger partial charge in [-0.05, 0) is 19.1 Å². The highest BCUT2D eigenvalue weighted by atomic mass is 16.4. The van der Waals surface area contributed by atoms with Crippen LogP contribution >= 0.6 is 0 Å². The van der Waals surface area contributed by atoms with Gasteiger partial charge in [-0.25, -0.2) is 4.98 Å². The van der Waals surface area contributed by atoms with Crippen molar-refractivity contribution in [2.45, 2.75) is 13.5 Å². The van der Waals surface area contributed by atoms with Gasteiger partial charge >= 0.3 is 0 Å². The summed E-state index contributed by atoms with van der Waals surface area (Å²) in [6.45, 7) is 2.26. The van der Waals surface area contributed by atoms with E-state index in [1.165, 1.54) is 0 Å². The summed E-state index contributed by atoms with van der Waals surface area (Å²) in [6.07, 6.45) is 3.41. The second kappa shape index (κ2) is 3.59. The summed E-state index contributed by atoms with van der Waals surface area (Å²) in [6, 6.07) is 3.71. The highest BCUT2D eigenvalue weighted by Crippen LogP contribution is 2.20. The van der Waals surface area contributed by atoms with Crippen molar-refractivity contribution in [1.82, 2.24) is 9.97 Å². The molecule has 4 heteroatoms. The molecule has 0 fully saturated rings. The Morgan fingerprint density at radius 2 is 2.07 bits per heavy atom. The first-order chi connectivity index (χ1) is 6.81. The van der Waals surface area contributed by atoms with Crippen molar-refractivity contribution in [3.05, 3.63) is 36.0 Å². The van der Waals surface area contributed by atoms with E-state index in [2.05, 4.69) is 9.97 Å². The summed E-state index contributed by atoms with van der Waals surface area (Å²) in [5.41, 5.74) is 7.26. The molecule has 0 aliphatic heterocycles. The zero-order valence-corrected chi connectivity index (χ0v) is 7.90. The number of oxazole rings is 1. The lowest BCUT2D eigenvalue weighted by Gasteiger charge is -1.92. The topological polar surface area (TPSA) is 64.9 Å². The van der Waals surface area contributed by atoms with Gasteiger partial charge in [0.15, 0.2) is 0 Å². The molecule has 2 aromatic heterocycles. The molecule has 72 valence electrons. The van der Waals surface area contributed by atoms with Gasteiger partial charge in [0, 0.05) is 18.0 Å². The highest BCUT2D eigenvalue weighted by molar-refractivity contribution is 5.52. The van der Waals surface area contributed by atoms with Crippen molar-refractivity contribution >= 4 is 0 Å². The van der Waals surface area contributed by atoms with E-state index in [0.29, 0.717) is 12.4 Å². The largest absolute Gasteiger partial charge is 0.440 e.